The third-order valence-electron chi connectivity index (χ3n) is 3.03. The molecule has 0 spiro atoms. The number of halogens is 1. The second-order valence-electron chi connectivity index (χ2n) is 4.21. The Balaban J connectivity index is 2.26. The van der Waals surface area contributed by atoms with Gasteiger partial charge in [0.25, 0.3) is 0 Å². The summed E-state index contributed by atoms with van der Waals surface area (Å²) < 4.78 is 0. The molecule has 0 N–H and O–H groups in total. The lowest BCUT2D eigenvalue weighted by Gasteiger charge is -2.17. The van der Waals surface area contributed by atoms with Crippen LogP contribution in [0.4, 0.5) is 0 Å². The molecule has 0 radical (unpaired) electrons. The molecule has 17 heavy (non-hydrogen) atoms. The van der Waals surface area contributed by atoms with Crippen molar-refractivity contribution in [1.29, 1.82) is 0 Å². The van der Waals surface area contributed by atoms with E-state index < -0.39 is 0 Å². The first-order valence-corrected chi connectivity index (χ1v) is 6.61. The van der Waals surface area contributed by atoms with Crippen molar-refractivity contribution in [3.05, 3.63) is 71.8 Å². The molecule has 1 heteroatoms. The Bertz CT molecular complexity index is 382. The standard InChI is InChI=1S/C16H17Cl/c17-13-7-12-16(14-8-3-1-4-9-14)15-10-5-2-6-11-15/h1-6,8-11,16H,7,12-13H2. The summed E-state index contributed by atoms with van der Waals surface area (Å²) in [6.07, 6.45) is 2.16. The molecule has 0 heterocycles. The van der Waals surface area contributed by atoms with Gasteiger partial charge >= 0.3 is 0 Å². The predicted molar refractivity (Wildman–Crippen MR) is 74.7 cm³/mol. The van der Waals surface area contributed by atoms with Crippen LogP contribution in [0.15, 0.2) is 60.7 Å². The van der Waals surface area contributed by atoms with Crippen molar-refractivity contribution in [3.63, 3.8) is 0 Å². The van der Waals surface area contributed by atoms with E-state index in [0.29, 0.717) is 5.92 Å². The minimum absolute atomic E-state index is 0.469. The predicted octanol–water partition coefficient (Wildman–Crippen LogP) is 4.84. The van der Waals surface area contributed by atoms with Crippen LogP contribution in [0.25, 0.3) is 0 Å². The van der Waals surface area contributed by atoms with Crippen molar-refractivity contribution in [2.24, 2.45) is 0 Å². The highest BCUT2D eigenvalue weighted by molar-refractivity contribution is 6.17. The molecule has 2 aromatic rings. The molecule has 0 bridgehead atoms. The van der Waals surface area contributed by atoms with Crippen LogP contribution in [-0.2, 0) is 0 Å². The lowest BCUT2D eigenvalue weighted by atomic mass is 9.88. The molecule has 0 aromatic heterocycles. The topological polar surface area (TPSA) is 0 Å². The zero-order valence-electron chi connectivity index (χ0n) is 9.85. The Morgan fingerprint density at radius 3 is 1.65 bits per heavy atom. The first-order chi connectivity index (χ1) is 8.42. The van der Waals surface area contributed by atoms with Gasteiger partial charge in [-0.25, -0.2) is 0 Å². The fourth-order valence-corrected chi connectivity index (χ4v) is 2.33. The Kier molecular flexibility index (Phi) is 4.63. The molecule has 2 aromatic carbocycles. The molecule has 88 valence electrons. The Labute approximate surface area is 108 Å². The molecular formula is C16H17Cl. The van der Waals surface area contributed by atoms with E-state index in [1.807, 2.05) is 0 Å². The SMILES string of the molecule is ClCCCC(c1ccccc1)c1ccccc1. The number of benzene rings is 2. The minimum atomic E-state index is 0.469. The van der Waals surface area contributed by atoms with Gasteiger partial charge in [0.15, 0.2) is 0 Å². The fraction of sp³-hybridized carbons (Fsp3) is 0.250. The Morgan fingerprint density at radius 1 is 0.765 bits per heavy atom. The highest BCUT2D eigenvalue weighted by atomic mass is 35.5. The zero-order valence-corrected chi connectivity index (χ0v) is 10.6. The Morgan fingerprint density at radius 2 is 1.24 bits per heavy atom. The second kappa shape index (κ2) is 6.46. The number of hydrogen-bond donors (Lipinski definition) is 0. The summed E-state index contributed by atoms with van der Waals surface area (Å²) in [5, 5.41) is 0. The summed E-state index contributed by atoms with van der Waals surface area (Å²) in [7, 11) is 0. The van der Waals surface area contributed by atoms with Crippen LogP contribution < -0.4 is 0 Å². The van der Waals surface area contributed by atoms with Crippen LogP contribution in [0.5, 0.6) is 0 Å². The summed E-state index contributed by atoms with van der Waals surface area (Å²) in [6, 6.07) is 21.3. The summed E-state index contributed by atoms with van der Waals surface area (Å²) in [5.41, 5.74) is 2.76. The monoisotopic (exact) mass is 244 g/mol. The largest absolute Gasteiger partial charge is 0.127 e. The first-order valence-electron chi connectivity index (χ1n) is 6.07. The van der Waals surface area contributed by atoms with Gasteiger partial charge in [-0.15, -0.1) is 11.6 Å². The molecule has 0 unspecified atom stereocenters. The van der Waals surface area contributed by atoms with E-state index in [2.05, 4.69) is 60.7 Å². The van der Waals surface area contributed by atoms with Crippen molar-refractivity contribution >= 4 is 11.6 Å². The van der Waals surface area contributed by atoms with Crippen molar-refractivity contribution < 1.29 is 0 Å². The van der Waals surface area contributed by atoms with E-state index in [-0.39, 0.29) is 0 Å². The number of hydrogen-bond acceptors (Lipinski definition) is 0. The van der Waals surface area contributed by atoms with E-state index in [9.17, 15) is 0 Å². The van der Waals surface area contributed by atoms with Crippen molar-refractivity contribution in [2.75, 3.05) is 5.88 Å². The normalized spacial score (nSPS) is 10.7. The van der Waals surface area contributed by atoms with Gasteiger partial charge in [-0.1, -0.05) is 60.7 Å². The molecular weight excluding hydrogens is 228 g/mol. The molecule has 0 aliphatic carbocycles. The average molecular weight is 245 g/mol. The number of rotatable bonds is 5. The van der Waals surface area contributed by atoms with Gasteiger partial charge in [-0.05, 0) is 24.0 Å². The minimum Gasteiger partial charge on any atom is -0.127 e. The summed E-state index contributed by atoms with van der Waals surface area (Å²) >= 11 is 5.82. The number of alkyl halides is 1. The van der Waals surface area contributed by atoms with Crippen molar-refractivity contribution in [2.45, 2.75) is 18.8 Å². The molecule has 0 amide bonds. The lowest BCUT2D eigenvalue weighted by molar-refractivity contribution is 0.701. The summed E-state index contributed by atoms with van der Waals surface area (Å²) in [4.78, 5) is 0. The first kappa shape index (κ1) is 12.2. The van der Waals surface area contributed by atoms with Crippen LogP contribution in [-0.4, -0.2) is 5.88 Å². The van der Waals surface area contributed by atoms with Gasteiger partial charge in [-0.2, -0.15) is 0 Å². The van der Waals surface area contributed by atoms with Crippen LogP contribution in [0.1, 0.15) is 29.9 Å². The molecule has 2 rings (SSSR count). The molecule has 0 aliphatic rings. The molecule has 0 saturated heterocycles. The van der Waals surface area contributed by atoms with Gasteiger partial charge in [0.05, 0.1) is 0 Å². The Hall–Kier alpha value is -1.27. The highest BCUT2D eigenvalue weighted by Gasteiger charge is 2.12. The van der Waals surface area contributed by atoms with E-state index >= 15 is 0 Å². The van der Waals surface area contributed by atoms with E-state index in [4.69, 9.17) is 11.6 Å². The lowest BCUT2D eigenvalue weighted by Crippen LogP contribution is -2.01. The molecule has 0 atom stereocenters. The van der Waals surface area contributed by atoms with Crippen LogP contribution >= 0.6 is 11.6 Å². The molecule has 0 nitrogen and oxygen atoms in total. The second-order valence-corrected chi connectivity index (χ2v) is 4.58. The summed E-state index contributed by atoms with van der Waals surface area (Å²) in [6.45, 7) is 0. The average Bonchev–Trinajstić information content (AvgIpc) is 2.42. The third kappa shape index (κ3) is 3.34. The van der Waals surface area contributed by atoms with Crippen LogP contribution in [0.3, 0.4) is 0 Å². The molecule has 0 saturated carbocycles. The zero-order chi connectivity index (χ0) is 11.9. The van der Waals surface area contributed by atoms with Gasteiger partial charge in [0, 0.05) is 11.8 Å². The maximum atomic E-state index is 5.82. The van der Waals surface area contributed by atoms with Crippen molar-refractivity contribution in [1.82, 2.24) is 0 Å². The van der Waals surface area contributed by atoms with Crippen molar-refractivity contribution in [3.8, 4) is 0 Å². The quantitative estimate of drug-likeness (QED) is 0.661. The van der Waals surface area contributed by atoms with E-state index in [0.717, 1.165) is 18.7 Å². The van der Waals surface area contributed by atoms with Gasteiger partial charge < -0.3 is 0 Å². The smallest absolute Gasteiger partial charge is 0.0223 e. The maximum Gasteiger partial charge on any atom is 0.0223 e. The van der Waals surface area contributed by atoms with Crippen LogP contribution in [0, 0.1) is 0 Å². The van der Waals surface area contributed by atoms with Gasteiger partial charge in [0.1, 0.15) is 0 Å². The molecule has 0 aliphatic heterocycles. The maximum absolute atomic E-state index is 5.82. The van der Waals surface area contributed by atoms with Crippen LogP contribution in [0.2, 0.25) is 0 Å². The highest BCUT2D eigenvalue weighted by Crippen LogP contribution is 2.28. The van der Waals surface area contributed by atoms with Gasteiger partial charge in [0.2, 0.25) is 0 Å². The third-order valence-corrected chi connectivity index (χ3v) is 3.30. The molecule has 0 fully saturated rings. The fourth-order valence-electron chi connectivity index (χ4n) is 2.18. The summed E-state index contributed by atoms with van der Waals surface area (Å²) in [5.74, 6) is 1.20. The van der Waals surface area contributed by atoms with E-state index in [1.165, 1.54) is 11.1 Å². The van der Waals surface area contributed by atoms with Gasteiger partial charge in [-0.3, -0.25) is 0 Å². The van der Waals surface area contributed by atoms with E-state index in [1.54, 1.807) is 0 Å².